The molecule has 0 spiro atoms. The summed E-state index contributed by atoms with van der Waals surface area (Å²) in [5.41, 5.74) is 12.8. The molecule has 2 amide bonds. The van der Waals surface area contributed by atoms with Crippen molar-refractivity contribution in [3.8, 4) is 0 Å². The van der Waals surface area contributed by atoms with E-state index in [9.17, 15) is 9.59 Å². The van der Waals surface area contributed by atoms with Crippen molar-refractivity contribution >= 4 is 78.7 Å². The first-order chi connectivity index (χ1) is 36.0. The number of aryl methyl sites for hydroxylation is 5. The zero-order valence-corrected chi connectivity index (χ0v) is 50.1. The van der Waals surface area contributed by atoms with Crippen LogP contribution >= 0.6 is 66.7 Å². The molecule has 4 unspecified atom stereocenters. The summed E-state index contributed by atoms with van der Waals surface area (Å²) >= 11 is 26.5. The third-order valence-electron chi connectivity index (χ3n) is 15.6. The molecule has 0 saturated carbocycles. The summed E-state index contributed by atoms with van der Waals surface area (Å²) in [7, 11) is 0. The average molecular weight is 1210 g/mol. The van der Waals surface area contributed by atoms with E-state index in [-0.39, 0.29) is 17.9 Å². The quantitative estimate of drug-likeness (QED) is 0.168. The molecule has 2 aliphatic carbocycles. The van der Waals surface area contributed by atoms with Gasteiger partial charge in [-0.1, -0.05) is 97.5 Å². The number of hydrogen-bond donors (Lipinski definition) is 2. The lowest BCUT2D eigenvalue weighted by Gasteiger charge is -2.39. The Balaban J connectivity index is 0.000000177. The first-order valence-corrected chi connectivity index (χ1v) is 29.9. The van der Waals surface area contributed by atoms with Crippen LogP contribution in [0.3, 0.4) is 0 Å². The van der Waals surface area contributed by atoms with Gasteiger partial charge in [-0.05, 0) is 181 Å². The van der Waals surface area contributed by atoms with Gasteiger partial charge in [-0.3, -0.25) is 14.8 Å². The molecule has 15 heteroatoms. The minimum Gasteiger partial charge on any atom is -0.479 e. The number of piperidine rings is 2. The zero-order chi connectivity index (χ0) is 53.8. The number of alkyl carbamates (subject to hydrolysis) is 1. The second-order valence-electron chi connectivity index (χ2n) is 21.5. The van der Waals surface area contributed by atoms with Crippen molar-refractivity contribution in [2.75, 3.05) is 52.5 Å². The molecule has 2 aromatic heterocycles. The number of hydrogen-bond acceptors (Lipinski definition) is 8. The van der Waals surface area contributed by atoms with Gasteiger partial charge in [-0.15, -0.1) is 0 Å². The van der Waals surface area contributed by atoms with E-state index in [1.807, 2.05) is 43.3 Å². The average Bonchev–Trinajstić information content (AvgIpc) is 3.64. The second-order valence-corrected chi connectivity index (χ2v) is 24.5. The minimum atomic E-state index is -0.289. The Hall–Kier alpha value is -3.81. The van der Waals surface area contributed by atoms with Gasteiger partial charge in [0.1, 0.15) is 0 Å². The Labute approximate surface area is 478 Å². The number of halogens is 5. The number of carbonyl (C=O) groups excluding carboxylic acids is 2. The fourth-order valence-electron chi connectivity index (χ4n) is 11.3. The highest BCUT2D eigenvalue weighted by Crippen LogP contribution is 2.47. The van der Waals surface area contributed by atoms with Crippen molar-refractivity contribution < 1.29 is 19.1 Å². The Morgan fingerprint density at radius 3 is 2.03 bits per heavy atom. The third kappa shape index (κ3) is 16.4. The Bertz CT molecular complexity index is 2620. The van der Waals surface area contributed by atoms with Crippen molar-refractivity contribution in [1.29, 1.82) is 0 Å². The highest BCUT2D eigenvalue weighted by molar-refractivity contribution is 9.10. The fraction of sp³-hybridized carbons (Fsp3) is 0.533. The van der Waals surface area contributed by atoms with Crippen molar-refractivity contribution in [2.24, 2.45) is 23.7 Å². The van der Waals surface area contributed by atoms with Crippen molar-refractivity contribution in [1.82, 2.24) is 30.4 Å². The lowest BCUT2D eigenvalue weighted by atomic mass is 9.76. The highest BCUT2D eigenvalue weighted by atomic mass is 79.9. The number of nitrogens with one attached hydrogen (secondary N) is 2. The molecule has 4 fully saturated rings. The topological polar surface area (TPSA) is 109 Å². The smallest absolute Gasteiger partial charge is 0.407 e. The van der Waals surface area contributed by atoms with E-state index < -0.39 is 0 Å². The number of likely N-dealkylation sites (tertiary alicyclic amines) is 2. The molecule has 0 bridgehead atoms. The number of allylic oxidation sites excluding steroid dienone is 1. The highest BCUT2D eigenvalue weighted by Gasteiger charge is 2.36. The second kappa shape index (κ2) is 28.2. The zero-order valence-electron chi connectivity index (χ0n) is 44.7. The number of aromatic nitrogens is 2. The van der Waals surface area contributed by atoms with Crippen LogP contribution in [0.15, 0.2) is 82.5 Å². The first kappa shape index (κ1) is 58.9. The fourth-order valence-corrected chi connectivity index (χ4v) is 13.5. The number of rotatable bonds is 8. The molecule has 6 aliphatic rings. The summed E-state index contributed by atoms with van der Waals surface area (Å²) in [5.74, 6) is 3.94. The van der Waals surface area contributed by atoms with E-state index in [1.165, 1.54) is 82.4 Å². The van der Waals surface area contributed by atoms with Gasteiger partial charge in [0.2, 0.25) is 5.91 Å². The van der Waals surface area contributed by atoms with Gasteiger partial charge in [0.25, 0.3) is 0 Å². The number of ether oxygens (including phenoxy) is 2. The van der Waals surface area contributed by atoms with Crippen LogP contribution in [-0.2, 0) is 40.0 Å². The Morgan fingerprint density at radius 1 is 0.747 bits per heavy atom. The number of cyclic esters (lactones) is 1. The van der Waals surface area contributed by atoms with E-state index in [4.69, 9.17) is 44.5 Å². The standard InChI is InChI=1S/C30H36Br2ClN3O.C16H15Cl2N.C9H17NO.C5H9NO2/c1-19(5-3-4-6-21-16-34-20(2)37-18-21)36-11-9-22(10-12-36)29-28-23(14-26(33)15-27(28)32)7-8-24-13-25(31)17-35-30(24)29;1-9-5-12-4-3-11-6-13(17)7-14(18)15(11)10(2)16(12)19-8-9;1-3-9(11)10-6-4-8(2)5-7-10;1-4-2-6-5(7)8-3-4/h13-15,17,21-22,29,34H,1-12,16,18H2;5-8,10H,3-4H2,1-2H3;8H,3-7H2,1-2H3;4H,2-3H2,1H3,(H,6,7). The van der Waals surface area contributed by atoms with Crippen LogP contribution in [0.1, 0.15) is 148 Å². The van der Waals surface area contributed by atoms with Gasteiger partial charge in [0.15, 0.2) is 5.88 Å². The normalized spacial score (nSPS) is 21.3. The van der Waals surface area contributed by atoms with Gasteiger partial charge in [-0.25, -0.2) is 4.79 Å². The summed E-state index contributed by atoms with van der Waals surface area (Å²) < 4.78 is 12.4. The van der Waals surface area contributed by atoms with Gasteiger partial charge < -0.3 is 29.9 Å². The van der Waals surface area contributed by atoms with Gasteiger partial charge in [-0.2, -0.15) is 0 Å². The lowest BCUT2D eigenvalue weighted by molar-refractivity contribution is -0.132. The molecule has 75 heavy (non-hydrogen) atoms. The van der Waals surface area contributed by atoms with Crippen LogP contribution in [0, 0.1) is 30.6 Å². The number of amides is 2. The largest absolute Gasteiger partial charge is 0.479 e. The molecule has 10 nitrogen and oxygen atoms in total. The van der Waals surface area contributed by atoms with E-state index in [0.29, 0.717) is 47.6 Å². The molecule has 4 aliphatic heterocycles. The maximum Gasteiger partial charge on any atom is 0.407 e. The molecule has 406 valence electrons. The van der Waals surface area contributed by atoms with E-state index in [1.54, 1.807) is 0 Å². The summed E-state index contributed by atoms with van der Waals surface area (Å²) in [6.07, 6.45) is 17.5. The summed E-state index contributed by atoms with van der Waals surface area (Å²) in [6.45, 7) is 25.9. The molecule has 4 aromatic rings. The SMILES string of the molecule is C=C1NCC(CCCCC(=C)N2CCC(C3c4ncc(Br)cc4CCc4cc(Cl)cc(Br)c43)CC2)CO1.CC1CNC(=O)OC1.CCC(=O)N1CCC(C)CC1.Cc1cnc2c(c1)CCc1cc(Cl)cc(Cl)c1C2C. The van der Waals surface area contributed by atoms with Crippen molar-refractivity contribution in [2.45, 2.75) is 130 Å². The van der Waals surface area contributed by atoms with Gasteiger partial charge >= 0.3 is 6.09 Å². The molecular formula is C60H77Br2Cl3N6O4. The van der Waals surface area contributed by atoms with E-state index in [0.717, 1.165) is 121 Å². The number of benzene rings is 2. The van der Waals surface area contributed by atoms with Crippen LogP contribution in [-0.4, -0.2) is 84.3 Å². The molecule has 0 radical (unpaired) electrons. The van der Waals surface area contributed by atoms with E-state index in [2.05, 4.69) is 115 Å². The maximum atomic E-state index is 11.2. The number of unbranched alkanes of at least 4 members (excludes halogenated alkanes) is 1. The maximum absolute atomic E-state index is 11.2. The number of carbonyl (C=O) groups is 2. The summed E-state index contributed by atoms with van der Waals surface area (Å²) in [6, 6.07) is 12.6. The molecule has 4 saturated heterocycles. The molecule has 4 atom stereocenters. The van der Waals surface area contributed by atoms with Crippen LogP contribution in [0.25, 0.3) is 0 Å². The summed E-state index contributed by atoms with van der Waals surface area (Å²) in [4.78, 5) is 35.6. The molecule has 2 N–H and O–H groups in total. The lowest BCUT2D eigenvalue weighted by Crippen LogP contribution is -2.37. The molecular weight excluding hydrogens is 1130 g/mol. The van der Waals surface area contributed by atoms with Crippen LogP contribution in [0.2, 0.25) is 15.1 Å². The number of nitrogens with zero attached hydrogens (tertiary/aromatic N) is 4. The van der Waals surface area contributed by atoms with E-state index >= 15 is 0 Å². The molecule has 6 heterocycles. The van der Waals surface area contributed by atoms with Gasteiger partial charge in [0, 0.05) is 111 Å². The van der Waals surface area contributed by atoms with Gasteiger partial charge in [0.05, 0.1) is 24.6 Å². The Morgan fingerprint density at radius 2 is 1.39 bits per heavy atom. The monoisotopic (exact) mass is 1210 g/mol. The third-order valence-corrected chi connectivity index (χ3v) is 17.5. The molecule has 2 aromatic carbocycles. The predicted molar refractivity (Wildman–Crippen MR) is 313 cm³/mol. The number of pyridine rings is 2. The van der Waals surface area contributed by atoms with Crippen LogP contribution in [0.5, 0.6) is 0 Å². The van der Waals surface area contributed by atoms with Crippen molar-refractivity contribution in [3.63, 3.8) is 0 Å². The molecule has 10 rings (SSSR count). The predicted octanol–water partition coefficient (Wildman–Crippen LogP) is 14.9. The number of fused-ring (bicyclic) bond motifs is 4. The van der Waals surface area contributed by atoms with Crippen molar-refractivity contribution in [3.05, 3.63) is 148 Å². The van der Waals surface area contributed by atoms with Crippen LogP contribution < -0.4 is 10.6 Å². The minimum absolute atomic E-state index is 0.220. The van der Waals surface area contributed by atoms with Crippen LogP contribution in [0.4, 0.5) is 4.79 Å². The Kier molecular flexibility index (Phi) is 22.1. The first-order valence-electron chi connectivity index (χ1n) is 27.2. The summed E-state index contributed by atoms with van der Waals surface area (Å²) in [5, 5.41) is 8.07.